The topological polar surface area (TPSA) is 95.2 Å². The molecule has 0 fully saturated rings. The summed E-state index contributed by atoms with van der Waals surface area (Å²) < 4.78 is 10.7. The Labute approximate surface area is 176 Å². The molecule has 0 saturated carbocycles. The Hall–Kier alpha value is -2.52. The number of thiazole rings is 1. The molecule has 0 unspecified atom stereocenters. The zero-order chi connectivity index (χ0) is 21.0. The van der Waals surface area contributed by atoms with Gasteiger partial charge in [0.1, 0.15) is 5.01 Å². The zero-order valence-corrected chi connectivity index (χ0v) is 18.2. The van der Waals surface area contributed by atoms with Crippen molar-refractivity contribution in [1.29, 1.82) is 0 Å². The van der Waals surface area contributed by atoms with E-state index < -0.39 is 11.9 Å². The largest absolute Gasteiger partial charge is 0.465 e. The van der Waals surface area contributed by atoms with Gasteiger partial charge in [-0.15, -0.1) is 21.5 Å². The van der Waals surface area contributed by atoms with E-state index in [0.29, 0.717) is 10.9 Å². The number of carbonyl (C=O) groups excluding carboxylic acids is 2. The van der Waals surface area contributed by atoms with Gasteiger partial charge in [0.15, 0.2) is 11.7 Å². The third-order valence-electron chi connectivity index (χ3n) is 4.23. The monoisotopic (exact) mass is 431 g/mol. The number of ether oxygens (including phenoxy) is 1. The lowest BCUT2D eigenvalue weighted by Gasteiger charge is -2.11. The molecule has 0 spiro atoms. The molecule has 0 bridgehead atoms. The van der Waals surface area contributed by atoms with Crippen LogP contribution in [0.1, 0.15) is 34.7 Å². The van der Waals surface area contributed by atoms with Crippen molar-refractivity contribution >= 4 is 34.9 Å². The summed E-state index contributed by atoms with van der Waals surface area (Å²) in [4.78, 5) is 29.4. The first-order valence-corrected chi connectivity index (χ1v) is 10.9. The molecule has 0 amide bonds. The number of carbonyl (C=O) groups is 2. The van der Waals surface area contributed by atoms with Crippen LogP contribution in [0.3, 0.4) is 0 Å². The molecule has 7 nitrogen and oxygen atoms in total. The highest BCUT2D eigenvalue weighted by Gasteiger charge is 2.32. The fourth-order valence-electron chi connectivity index (χ4n) is 2.58. The van der Waals surface area contributed by atoms with Gasteiger partial charge in [-0.3, -0.25) is 9.59 Å². The average molecular weight is 432 g/mol. The minimum absolute atomic E-state index is 0.00331. The first kappa shape index (κ1) is 21.2. The Morgan fingerprint density at radius 3 is 2.66 bits per heavy atom. The second-order valence-corrected chi connectivity index (χ2v) is 8.26. The number of Topliss-reactive ketones (excluding diaryl/α,β-unsaturated/α-hetero) is 1. The van der Waals surface area contributed by atoms with Gasteiger partial charge in [-0.05, 0) is 51.0 Å². The number of rotatable bonds is 8. The molecule has 2 heterocycles. The van der Waals surface area contributed by atoms with Crippen molar-refractivity contribution in [2.24, 2.45) is 0 Å². The van der Waals surface area contributed by atoms with Crippen LogP contribution in [-0.4, -0.2) is 39.3 Å². The Morgan fingerprint density at radius 2 is 2.00 bits per heavy atom. The van der Waals surface area contributed by atoms with Crippen molar-refractivity contribution in [3.8, 4) is 11.5 Å². The summed E-state index contributed by atoms with van der Waals surface area (Å²) >= 11 is 2.37. The summed E-state index contributed by atoms with van der Waals surface area (Å²) in [6.45, 7) is 7.76. The molecule has 0 aliphatic carbocycles. The molecule has 3 aromatic rings. The van der Waals surface area contributed by atoms with E-state index in [0.717, 1.165) is 28.6 Å². The van der Waals surface area contributed by atoms with Crippen molar-refractivity contribution < 1.29 is 18.7 Å². The van der Waals surface area contributed by atoms with Crippen molar-refractivity contribution in [3.05, 3.63) is 45.4 Å². The molecule has 1 aromatic carbocycles. The van der Waals surface area contributed by atoms with Gasteiger partial charge in [-0.25, -0.2) is 4.98 Å². The number of ketones is 1. The van der Waals surface area contributed by atoms with E-state index in [4.69, 9.17) is 9.15 Å². The van der Waals surface area contributed by atoms with Gasteiger partial charge in [-0.2, -0.15) is 0 Å². The Morgan fingerprint density at radius 1 is 1.21 bits per heavy atom. The maximum absolute atomic E-state index is 12.8. The maximum atomic E-state index is 12.8. The highest BCUT2D eigenvalue weighted by Crippen LogP contribution is 2.28. The lowest BCUT2D eigenvalue weighted by Crippen LogP contribution is -2.25. The molecule has 0 N–H and O–H groups in total. The standard InChI is InChI=1S/C20H21N3O4S2/c1-5-26-19(25)16(18-21-13(4)9-28-18)15(24)10-29-20-23-22-17(27-20)14-7-6-11(2)12(3)8-14/h6-9,16H,5,10H2,1-4H3/t16-/m1/s1. The highest BCUT2D eigenvalue weighted by atomic mass is 32.2. The summed E-state index contributed by atoms with van der Waals surface area (Å²) in [6.07, 6.45) is 0. The number of thioether (sulfide) groups is 1. The van der Waals surface area contributed by atoms with Crippen LogP contribution < -0.4 is 0 Å². The Balaban J connectivity index is 1.70. The summed E-state index contributed by atoms with van der Waals surface area (Å²) in [5.74, 6) is -1.55. The van der Waals surface area contributed by atoms with Crippen molar-refractivity contribution in [2.45, 2.75) is 38.8 Å². The van der Waals surface area contributed by atoms with Gasteiger partial charge in [-0.1, -0.05) is 17.8 Å². The van der Waals surface area contributed by atoms with E-state index in [1.165, 1.54) is 16.9 Å². The number of hydrogen-bond acceptors (Lipinski definition) is 9. The summed E-state index contributed by atoms with van der Waals surface area (Å²) in [5.41, 5.74) is 3.88. The van der Waals surface area contributed by atoms with Gasteiger partial charge in [0.25, 0.3) is 5.22 Å². The fourth-order valence-corrected chi connectivity index (χ4v) is 4.15. The molecule has 3 rings (SSSR count). The van der Waals surface area contributed by atoms with Crippen LogP contribution in [0.4, 0.5) is 0 Å². The van der Waals surface area contributed by atoms with Crippen molar-refractivity contribution in [1.82, 2.24) is 15.2 Å². The number of esters is 1. The third kappa shape index (κ3) is 5.10. The zero-order valence-electron chi connectivity index (χ0n) is 16.6. The number of aromatic nitrogens is 3. The first-order chi connectivity index (χ1) is 13.9. The van der Waals surface area contributed by atoms with Crippen molar-refractivity contribution in [2.75, 3.05) is 12.4 Å². The van der Waals surface area contributed by atoms with E-state index in [-0.39, 0.29) is 23.4 Å². The smallest absolute Gasteiger partial charge is 0.323 e. The van der Waals surface area contributed by atoms with Crippen LogP contribution in [0, 0.1) is 20.8 Å². The molecule has 0 aliphatic heterocycles. The average Bonchev–Trinajstić information content (AvgIpc) is 3.32. The molecule has 1 atom stereocenters. The van der Waals surface area contributed by atoms with Crippen LogP contribution in [0.25, 0.3) is 11.5 Å². The molecule has 0 radical (unpaired) electrons. The normalized spacial score (nSPS) is 12.0. The molecule has 9 heteroatoms. The second kappa shape index (κ2) is 9.32. The van der Waals surface area contributed by atoms with Crippen LogP contribution in [0.15, 0.2) is 33.2 Å². The highest BCUT2D eigenvalue weighted by molar-refractivity contribution is 7.99. The van der Waals surface area contributed by atoms with Crippen LogP contribution in [0.5, 0.6) is 0 Å². The first-order valence-electron chi connectivity index (χ1n) is 9.04. The van der Waals surface area contributed by atoms with E-state index >= 15 is 0 Å². The molecular formula is C20H21N3O4S2. The SMILES string of the molecule is CCOC(=O)[C@H](C(=O)CSc1nnc(-c2ccc(C)c(C)c2)o1)c1nc(C)cs1. The number of nitrogens with zero attached hydrogens (tertiary/aromatic N) is 3. The lowest BCUT2D eigenvalue weighted by atomic mass is 10.1. The fraction of sp³-hybridized carbons (Fsp3) is 0.350. The van der Waals surface area contributed by atoms with E-state index in [1.54, 1.807) is 12.3 Å². The minimum Gasteiger partial charge on any atom is -0.465 e. The maximum Gasteiger partial charge on any atom is 0.323 e. The number of hydrogen-bond donors (Lipinski definition) is 0. The molecular weight excluding hydrogens is 410 g/mol. The van der Waals surface area contributed by atoms with Gasteiger partial charge < -0.3 is 9.15 Å². The number of aryl methyl sites for hydroxylation is 3. The molecule has 2 aromatic heterocycles. The number of benzene rings is 1. The molecule has 0 aliphatic rings. The van der Waals surface area contributed by atoms with E-state index in [2.05, 4.69) is 15.2 Å². The van der Waals surface area contributed by atoms with Crippen molar-refractivity contribution in [3.63, 3.8) is 0 Å². The molecule has 29 heavy (non-hydrogen) atoms. The third-order valence-corrected chi connectivity index (χ3v) is 6.09. The quantitative estimate of drug-likeness (QED) is 0.298. The van der Waals surface area contributed by atoms with Crippen LogP contribution in [0.2, 0.25) is 0 Å². The van der Waals surface area contributed by atoms with Crippen LogP contribution >= 0.6 is 23.1 Å². The van der Waals surface area contributed by atoms with E-state index in [9.17, 15) is 9.59 Å². The summed E-state index contributed by atoms with van der Waals surface area (Å²) in [5, 5.41) is 10.6. The Bertz CT molecular complexity index is 1030. The van der Waals surface area contributed by atoms with Gasteiger partial charge in [0.2, 0.25) is 5.89 Å². The van der Waals surface area contributed by atoms with Gasteiger partial charge in [0, 0.05) is 16.6 Å². The lowest BCUT2D eigenvalue weighted by molar-refractivity contribution is -0.147. The predicted molar refractivity (Wildman–Crippen MR) is 111 cm³/mol. The Kier molecular flexibility index (Phi) is 6.81. The summed E-state index contributed by atoms with van der Waals surface area (Å²) in [6, 6.07) is 5.88. The van der Waals surface area contributed by atoms with E-state index in [1.807, 2.05) is 39.0 Å². The molecule has 152 valence electrons. The second-order valence-electron chi connectivity index (χ2n) is 6.44. The van der Waals surface area contributed by atoms with Gasteiger partial charge >= 0.3 is 5.97 Å². The summed E-state index contributed by atoms with van der Waals surface area (Å²) in [7, 11) is 0. The molecule has 0 saturated heterocycles. The minimum atomic E-state index is -1.04. The van der Waals surface area contributed by atoms with Crippen LogP contribution in [-0.2, 0) is 14.3 Å². The van der Waals surface area contributed by atoms with Gasteiger partial charge in [0.05, 0.1) is 12.4 Å². The predicted octanol–water partition coefficient (Wildman–Crippen LogP) is 4.13.